The van der Waals surface area contributed by atoms with Crippen LogP contribution < -0.4 is 16.4 Å². The third-order valence-corrected chi connectivity index (χ3v) is 2.93. The van der Waals surface area contributed by atoms with Gasteiger partial charge < -0.3 is 16.4 Å². The van der Waals surface area contributed by atoms with Gasteiger partial charge in [0.15, 0.2) is 0 Å². The molecule has 0 bridgehead atoms. The van der Waals surface area contributed by atoms with E-state index >= 15 is 0 Å². The Morgan fingerprint density at radius 2 is 1.75 bits per heavy atom. The molecule has 0 heterocycles. The summed E-state index contributed by atoms with van der Waals surface area (Å²) in [6.07, 6.45) is 4.45. The minimum Gasteiger partial charge on any atom is -0.399 e. The summed E-state index contributed by atoms with van der Waals surface area (Å²) < 4.78 is 0. The summed E-state index contributed by atoms with van der Waals surface area (Å²) in [5.74, 6) is -0.434. The summed E-state index contributed by atoms with van der Waals surface area (Å²) in [4.78, 5) is 23.3. The van der Waals surface area contributed by atoms with Crippen molar-refractivity contribution in [3.63, 3.8) is 0 Å². The van der Waals surface area contributed by atoms with Crippen LogP contribution in [0, 0.1) is 0 Å². The van der Waals surface area contributed by atoms with Crippen LogP contribution >= 0.6 is 0 Å². The Labute approximate surface area is 119 Å². The van der Waals surface area contributed by atoms with Crippen molar-refractivity contribution in [1.82, 2.24) is 10.6 Å². The van der Waals surface area contributed by atoms with E-state index in [9.17, 15) is 9.59 Å². The van der Waals surface area contributed by atoms with Crippen molar-refractivity contribution in [2.75, 3.05) is 18.8 Å². The number of amides is 2. The van der Waals surface area contributed by atoms with Gasteiger partial charge in [-0.1, -0.05) is 26.2 Å². The number of hydrogen-bond donors (Lipinski definition) is 3. The molecule has 20 heavy (non-hydrogen) atoms. The fourth-order valence-corrected chi connectivity index (χ4v) is 1.74. The van der Waals surface area contributed by atoms with Crippen molar-refractivity contribution in [3.8, 4) is 0 Å². The second-order valence-electron chi connectivity index (χ2n) is 4.72. The van der Waals surface area contributed by atoms with E-state index in [-0.39, 0.29) is 18.4 Å². The first kappa shape index (κ1) is 16.0. The summed E-state index contributed by atoms with van der Waals surface area (Å²) >= 11 is 0. The molecule has 0 fully saturated rings. The maximum Gasteiger partial charge on any atom is 0.251 e. The van der Waals surface area contributed by atoms with E-state index < -0.39 is 0 Å². The van der Waals surface area contributed by atoms with Crippen molar-refractivity contribution in [3.05, 3.63) is 29.8 Å². The largest absolute Gasteiger partial charge is 0.399 e. The monoisotopic (exact) mass is 277 g/mol. The molecule has 110 valence electrons. The van der Waals surface area contributed by atoms with E-state index in [0.29, 0.717) is 17.8 Å². The predicted octanol–water partition coefficient (Wildman–Crippen LogP) is 1.70. The number of anilines is 1. The van der Waals surface area contributed by atoms with Crippen LogP contribution in [0.3, 0.4) is 0 Å². The first-order valence-electron chi connectivity index (χ1n) is 7.04. The number of carbonyl (C=O) groups excluding carboxylic acids is 2. The molecule has 1 rings (SSSR count). The summed E-state index contributed by atoms with van der Waals surface area (Å²) in [6, 6.07) is 6.58. The highest BCUT2D eigenvalue weighted by atomic mass is 16.2. The van der Waals surface area contributed by atoms with E-state index in [1.807, 2.05) is 0 Å². The predicted molar refractivity (Wildman–Crippen MR) is 80.3 cm³/mol. The van der Waals surface area contributed by atoms with Gasteiger partial charge in [-0.05, 0) is 30.7 Å². The van der Waals surface area contributed by atoms with Gasteiger partial charge >= 0.3 is 0 Å². The normalized spacial score (nSPS) is 10.1. The molecule has 0 saturated carbocycles. The second kappa shape index (κ2) is 8.96. The van der Waals surface area contributed by atoms with Crippen LogP contribution in [0.15, 0.2) is 24.3 Å². The number of rotatable bonds is 8. The molecule has 0 aliphatic rings. The van der Waals surface area contributed by atoms with Gasteiger partial charge in [0.2, 0.25) is 5.91 Å². The lowest BCUT2D eigenvalue weighted by Crippen LogP contribution is -2.37. The molecule has 0 saturated heterocycles. The zero-order valence-electron chi connectivity index (χ0n) is 11.9. The number of benzene rings is 1. The zero-order valence-corrected chi connectivity index (χ0v) is 11.9. The van der Waals surface area contributed by atoms with Crippen LogP contribution in [-0.2, 0) is 4.79 Å². The molecule has 0 atom stereocenters. The standard InChI is InChI=1S/C15H23N3O2/c1-2-3-4-5-10-17-14(19)11-18-15(20)12-6-8-13(16)9-7-12/h6-9H,2-5,10-11,16H2,1H3,(H,17,19)(H,18,20). The molecule has 0 radical (unpaired) electrons. The lowest BCUT2D eigenvalue weighted by molar-refractivity contribution is -0.120. The molecule has 0 unspecified atom stereocenters. The maximum absolute atomic E-state index is 11.7. The summed E-state index contributed by atoms with van der Waals surface area (Å²) in [6.45, 7) is 2.80. The number of nitrogens with one attached hydrogen (secondary N) is 2. The van der Waals surface area contributed by atoms with Gasteiger partial charge in [0.05, 0.1) is 6.54 Å². The van der Waals surface area contributed by atoms with Gasteiger partial charge in [0, 0.05) is 17.8 Å². The van der Waals surface area contributed by atoms with E-state index in [4.69, 9.17) is 5.73 Å². The summed E-state index contributed by atoms with van der Waals surface area (Å²) in [7, 11) is 0. The van der Waals surface area contributed by atoms with Crippen LogP contribution in [0.2, 0.25) is 0 Å². The fourth-order valence-electron chi connectivity index (χ4n) is 1.74. The number of nitrogens with two attached hydrogens (primary N) is 1. The molecule has 0 aliphatic heterocycles. The molecule has 5 heteroatoms. The smallest absolute Gasteiger partial charge is 0.251 e. The molecule has 5 nitrogen and oxygen atoms in total. The highest BCUT2D eigenvalue weighted by Crippen LogP contribution is 2.04. The van der Waals surface area contributed by atoms with Crippen molar-refractivity contribution >= 4 is 17.5 Å². The number of unbranched alkanes of at least 4 members (excludes halogenated alkanes) is 3. The molecule has 1 aromatic rings. The van der Waals surface area contributed by atoms with Crippen molar-refractivity contribution < 1.29 is 9.59 Å². The fraction of sp³-hybridized carbons (Fsp3) is 0.467. The SMILES string of the molecule is CCCCCCNC(=O)CNC(=O)c1ccc(N)cc1. The third-order valence-electron chi connectivity index (χ3n) is 2.93. The molecular formula is C15H23N3O2. The van der Waals surface area contributed by atoms with Gasteiger partial charge in [-0.3, -0.25) is 9.59 Å². The van der Waals surface area contributed by atoms with Gasteiger partial charge in [-0.2, -0.15) is 0 Å². The van der Waals surface area contributed by atoms with E-state index in [1.165, 1.54) is 12.8 Å². The van der Waals surface area contributed by atoms with Gasteiger partial charge in [0.25, 0.3) is 5.91 Å². The maximum atomic E-state index is 11.7. The Kier molecular flexibility index (Phi) is 7.17. The van der Waals surface area contributed by atoms with Crippen LogP contribution in [0.25, 0.3) is 0 Å². The van der Waals surface area contributed by atoms with Gasteiger partial charge in [0.1, 0.15) is 0 Å². The van der Waals surface area contributed by atoms with Gasteiger partial charge in [-0.25, -0.2) is 0 Å². The summed E-state index contributed by atoms with van der Waals surface area (Å²) in [5.41, 5.74) is 6.64. The Balaban J connectivity index is 2.20. The van der Waals surface area contributed by atoms with Crippen LogP contribution in [0.5, 0.6) is 0 Å². The highest BCUT2D eigenvalue weighted by Gasteiger charge is 2.07. The number of carbonyl (C=O) groups is 2. The average Bonchev–Trinajstić information content (AvgIpc) is 2.45. The molecule has 4 N–H and O–H groups in total. The quantitative estimate of drug-likeness (QED) is 0.499. The van der Waals surface area contributed by atoms with Gasteiger partial charge in [-0.15, -0.1) is 0 Å². The highest BCUT2D eigenvalue weighted by molar-refractivity contribution is 5.96. The van der Waals surface area contributed by atoms with Crippen molar-refractivity contribution in [2.45, 2.75) is 32.6 Å². The minimum absolute atomic E-state index is 0.00299. The first-order chi connectivity index (χ1) is 9.63. The second-order valence-corrected chi connectivity index (χ2v) is 4.72. The topological polar surface area (TPSA) is 84.2 Å². The molecule has 0 spiro atoms. The van der Waals surface area contributed by atoms with E-state index in [1.54, 1.807) is 24.3 Å². The molecule has 2 amide bonds. The number of nitrogen functional groups attached to an aromatic ring is 1. The Hall–Kier alpha value is -2.04. The Morgan fingerprint density at radius 1 is 1.05 bits per heavy atom. The molecular weight excluding hydrogens is 254 g/mol. The van der Waals surface area contributed by atoms with Crippen molar-refractivity contribution in [2.24, 2.45) is 0 Å². The summed E-state index contributed by atoms with van der Waals surface area (Å²) in [5, 5.41) is 5.36. The van der Waals surface area contributed by atoms with Crippen LogP contribution in [0.4, 0.5) is 5.69 Å². The van der Waals surface area contributed by atoms with E-state index in [2.05, 4.69) is 17.6 Å². The lowest BCUT2D eigenvalue weighted by Gasteiger charge is -2.07. The Bertz CT molecular complexity index is 429. The first-order valence-corrected chi connectivity index (χ1v) is 7.04. The average molecular weight is 277 g/mol. The molecule has 0 aromatic heterocycles. The lowest BCUT2D eigenvalue weighted by atomic mass is 10.2. The van der Waals surface area contributed by atoms with Crippen molar-refractivity contribution in [1.29, 1.82) is 0 Å². The Morgan fingerprint density at radius 3 is 2.40 bits per heavy atom. The van der Waals surface area contributed by atoms with E-state index in [0.717, 1.165) is 12.8 Å². The third kappa shape index (κ3) is 6.22. The number of hydrogen-bond acceptors (Lipinski definition) is 3. The molecule has 0 aliphatic carbocycles. The molecule has 1 aromatic carbocycles. The zero-order chi connectivity index (χ0) is 14.8. The minimum atomic E-state index is -0.272. The van der Waals surface area contributed by atoms with Crippen LogP contribution in [-0.4, -0.2) is 24.9 Å². The van der Waals surface area contributed by atoms with Crippen LogP contribution in [0.1, 0.15) is 43.0 Å².